The van der Waals surface area contributed by atoms with Crippen LogP contribution in [0.3, 0.4) is 0 Å². The lowest BCUT2D eigenvalue weighted by molar-refractivity contribution is 0.749. The molecular weight excluding hydrogens is 418 g/mol. The van der Waals surface area contributed by atoms with Gasteiger partial charge >= 0.3 is 0 Å². The van der Waals surface area contributed by atoms with Gasteiger partial charge in [-0.1, -0.05) is 61.5 Å². The highest BCUT2D eigenvalue weighted by Gasteiger charge is 2.21. The molecule has 1 atom stereocenters. The van der Waals surface area contributed by atoms with Gasteiger partial charge in [-0.2, -0.15) is 4.98 Å². The first-order valence-corrected chi connectivity index (χ1v) is 12.2. The van der Waals surface area contributed by atoms with Gasteiger partial charge in [0.25, 0.3) is 0 Å². The van der Waals surface area contributed by atoms with Crippen molar-refractivity contribution in [3.63, 3.8) is 0 Å². The number of nitrogens with one attached hydrogen (secondary N) is 1. The number of benzene rings is 2. The first kappa shape index (κ1) is 22.1. The van der Waals surface area contributed by atoms with Gasteiger partial charge in [0.1, 0.15) is 5.82 Å². The van der Waals surface area contributed by atoms with Crippen LogP contribution in [0.15, 0.2) is 79.1 Å². The average Bonchev–Trinajstić information content (AvgIpc) is 2.88. The van der Waals surface area contributed by atoms with Crippen molar-refractivity contribution < 1.29 is 0 Å². The fourth-order valence-electron chi connectivity index (χ4n) is 4.64. The molecule has 1 aliphatic heterocycles. The molecule has 3 heterocycles. The smallest absolute Gasteiger partial charge is 0.224 e. The molecule has 172 valence electrons. The lowest BCUT2D eigenvalue weighted by Gasteiger charge is -2.30. The summed E-state index contributed by atoms with van der Waals surface area (Å²) < 4.78 is 0. The molecule has 2 aromatic heterocycles. The minimum atomic E-state index is 0.227. The predicted octanol–water partition coefficient (Wildman–Crippen LogP) is 6.23. The summed E-state index contributed by atoms with van der Waals surface area (Å²) in [4.78, 5) is 16.4. The molecule has 5 rings (SSSR count). The zero-order valence-corrected chi connectivity index (χ0v) is 19.9. The molecular formula is C29H31N5. The molecule has 1 N–H and O–H groups in total. The van der Waals surface area contributed by atoms with E-state index < -0.39 is 0 Å². The third-order valence-corrected chi connectivity index (χ3v) is 6.38. The third kappa shape index (κ3) is 4.93. The molecule has 34 heavy (non-hydrogen) atoms. The second-order valence-corrected chi connectivity index (χ2v) is 8.98. The third-order valence-electron chi connectivity index (χ3n) is 6.38. The summed E-state index contributed by atoms with van der Waals surface area (Å²) in [5, 5.41) is 3.51. The Kier molecular flexibility index (Phi) is 6.52. The topological polar surface area (TPSA) is 53.9 Å². The van der Waals surface area contributed by atoms with Crippen LogP contribution in [0, 0.1) is 0 Å². The summed E-state index contributed by atoms with van der Waals surface area (Å²) in [6.07, 6.45) is 7.98. The average molecular weight is 450 g/mol. The van der Waals surface area contributed by atoms with E-state index in [1.807, 2.05) is 24.5 Å². The van der Waals surface area contributed by atoms with E-state index in [2.05, 4.69) is 83.6 Å². The predicted molar refractivity (Wildman–Crippen MR) is 140 cm³/mol. The number of aryl methyl sites for hydroxylation is 2. The van der Waals surface area contributed by atoms with Gasteiger partial charge in [-0.05, 0) is 61.4 Å². The number of anilines is 3. The molecule has 4 aromatic rings. The Morgan fingerprint density at radius 3 is 2.68 bits per heavy atom. The summed E-state index contributed by atoms with van der Waals surface area (Å²) in [5.41, 5.74) is 7.28. The summed E-state index contributed by atoms with van der Waals surface area (Å²) in [5.74, 6) is 1.59. The quantitative estimate of drug-likeness (QED) is 0.362. The van der Waals surface area contributed by atoms with Crippen LogP contribution in [-0.4, -0.2) is 27.5 Å². The van der Waals surface area contributed by atoms with E-state index >= 15 is 0 Å². The Balaban J connectivity index is 1.36. The first-order valence-electron chi connectivity index (χ1n) is 12.2. The summed E-state index contributed by atoms with van der Waals surface area (Å²) in [6, 6.07) is 23.6. The van der Waals surface area contributed by atoms with E-state index in [0.717, 1.165) is 49.3 Å². The number of hydrogen-bond donors (Lipinski definition) is 1. The Bertz CT molecular complexity index is 1250. The second kappa shape index (κ2) is 10.0. The number of hydrogen-bond acceptors (Lipinski definition) is 5. The van der Waals surface area contributed by atoms with Crippen molar-refractivity contribution in [2.45, 2.75) is 45.6 Å². The standard InChI is InChI=1S/C29H31N5/c1-3-22-9-7-10-23(18-22)17-21(2)32-29-30-15-14-28(33-29)34-16-8-13-25-20-31-26(19-27(25)34)24-11-5-4-6-12-24/h4-7,9-12,14-15,18-21H,3,8,13,16-17H2,1-2H3,(H,30,32,33)/t21-/m0/s1. The number of aromatic nitrogens is 3. The van der Waals surface area contributed by atoms with E-state index in [0.29, 0.717) is 5.95 Å². The Hall–Kier alpha value is -3.73. The second-order valence-electron chi connectivity index (χ2n) is 8.98. The van der Waals surface area contributed by atoms with Gasteiger partial charge in [0.05, 0.1) is 5.69 Å². The first-order chi connectivity index (χ1) is 16.7. The minimum Gasteiger partial charge on any atom is -0.351 e. The van der Waals surface area contributed by atoms with Crippen LogP contribution in [0.4, 0.5) is 17.5 Å². The van der Waals surface area contributed by atoms with Crippen LogP contribution in [-0.2, 0) is 19.3 Å². The van der Waals surface area contributed by atoms with Crippen molar-refractivity contribution in [1.29, 1.82) is 0 Å². The zero-order chi connectivity index (χ0) is 23.3. The Morgan fingerprint density at radius 2 is 1.82 bits per heavy atom. The molecule has 0 fully saturated rings. The summed E-state index contributed by atoms with van der Waals surface area (Å²) in [6.45, 7) is 5.31. The van der Waals surface area contributed by atoms with Crippen molar-refractivity contribution in [3.8, 4) is 11.3 Å². The van der Waals surface area contributed by atoms with E-state index in [1.165, 1.54) is 22.4 Å². The Labute approximate surface area is 201 Å². The molecule has 1 aliphatic rings. The molecule has 0 bridgehead atoms. The molecule has 0 aliphatic carbocycles. The van der Waals surface area contributed by atoms with Crippen LogP contribution in [0.1, 0.15) is 37.0 Å². The summed E-state index contributed by atoms with van der Waals surface area (Å²) >= 11 is 0. The van der Waals surface area contributed by atoms with Gasteiger partial charge in [-0.15, -0.1) is 0 Å². The van der Waals surface area contributed by atoms with Gasteiger partial charge in [-0.3, -0.25) is 4.98 Å². The van der Waals surface area contributed by atoms with Crippen LogP contribution in [0.2, 0.25) is 0 Å². The van der Waals surface area contributed by atoms with Gasteiger partial charge in [0, 0.05) is 36.2 Å². The SMILES string of the molecule is CCc1cccc(C[C@H](C)Nc2nccc(N3CCCc4cnc(-c5ccccc5)cc43)n2)c1. The number of rotatable bonds is 7. The number of fused-ring (bicyclic) bond motifs is 1. The fraction of sp³-hybridized carbons (Fsp3) is 0.276. The normalized spacial score (nSPS) is 13.9. The maximum Gasteiger partial charge on any atom is 0.224 e. The molecule has 5 heteroatoms. The van der Waals surface area contributed by atoms with Gasteiger partial charge in [-0.25, -0.2) is 4.98 Å². The van der Waals surface area contributed by atoms with E-state index in [1.54, 1.807) is 0 Å². The van der Waals surface area contributed by atoms with Gasteiger partial charge in [0.15, 0.2) is 0 Å². The van der Waals surface area contributed by atoms with E-state index in [-0.39, 0.29) is 6.04 Å². The monoisotopic (exact) mass is 449 g/mol. The largest absolute Gasteiger partial charge is 0.351 e. The lowest BCUT2D eigenvalue weighted by Crippen LogP contribution is -2.26. The van der Waals surface area contributed by atoms with Gasteiger partial charge in [0.2, 0.25) is 5.95 Å². The fourth-order valence-corrected chi connectivity index (χ4v) is 4.64. The zero-order valence-electron chi connectivity index (χ0n) is 19.9. The maximum absolute atomic E-state index is 4.90. The number of pyridine rings is 1. The van der Waals surface area contributed by atoms with E-state index in [4.69, 9.17) is 9.97 Å². The van der Waals surface area contributed by atoms with Crippen LogP contribution < -0.4 is 10.2 Å². The van der Waals surface area contributed by atoms with Crippen molar-refractivity contribution in [1.82, 2.24) is 15.0 Å². The molecule has 5 nitrogen and oxygen atoms in total. The maximum atomic E-state index is 4.90. The highest BCUT2D eigenvalue weighted by Crippen LogP contribution is 2.34. The lowest BCUT2D eigenvalue weighted by atomic mass is 10.0. The van der Waals surface area contributed by atoms with Crippen molar-refractivity contribution in [3.05, 3.63) is 95.8 Å². The van der Waals surface area contributed by atoms with Crippen LogP contribution in [0.5, 0.6) is 0 Å². The van der Waals surface area contributed by atoms with Crippen LogP contribution in [0.25, 0.3) is 11.3 Å². The number of nitrogens with zero attached hydrogens (tertiary/aromatic N) is 4. The van der Waals surface area contributed by atoms with Gasteiger partial charge < -0.3 is 10.2 Å². The highest BCUT2D eigenvalue weighted by atomic mass is 15.2. The summed E-state index contributed by atoms with van der Waals surface area (Å²) in [7, 11) is 0. The van der Waals surface area contributed by atoms with Crippen molar-refractivity contribution in [2.24, 2.45) is 0 Å². The van der Waals surface area contributed by atoms with E-state index in [9.17, 15) is 0 Å². The van der Waals surface area contributed by atoms with Crippen molar-refractivity contribution >= 4 is 17.5 Å². The van der Waals surface area contributed by atoms with Crippen molar-refractivity contribution in [2.75, 3.05) is 16.8 Å². The Morgan fingerprint density at radius 1 is 0.971 bits per heavy atom. The van der Waals surface area contributed by atoms with Crippen LogP contribution >= 0.6 is 0 Å². The molecule has 0 radical (unpaired) electrons. The molecule has 0 saturated carbocycles. The molecule has 2 aromatic carbocycles. The molecule has 0 unspecified atom stereocenters. The molecule has 0 spiro atoms. The molecule has 0 amide bonds. The highest BCUT2D eigenvalue weighted by molar-refractivity contribution is 5.72. The minimum absolute atomic E-state index is 0.227. The molecule has 0 saturated heterocycles.